The number of phenolic OH excluding ortho intramolecular Hbond substituents is 1. The summed E-state index contributed by atoms with van der Waals surface area (Å²) in [5.74, 6) is -5.29. The molecule has 11 unspecified atom stereocenters. The molecule has 2 aliphatic heterocycles. The molecular formula is C38H48O20. The number of benzene rings is 2. The second-order valence-corrected chi connectivity index (χ2v) is 13.2. The number of aliphatic hydroxyl groups is 7. The fourth-order valence-electron chi connectivity index (χ4n) is 5.87. The van der Waals surface area contributed by atoms with Crippen LogP contribution in [-0.4, -0.2) is 160 Å². The number of carbonyl (C=O) groups excluding carboxylic acids is 3. The summed E-state index contributed by atoms with van der Waals surface area (Å²) in [5.41, 5.74) is 0.908. The van der Waals surface area contributed by atoms with Gasteiger partial charge in [-0.25, -0.2) is 4.79 Å². The average Bonchev–Trinajstić information content (AvgIpc) is 3.18. The summed E-state index contributed by atoms with van der Waals surface area (Å²) >= 11 is 0. The van der Waals surface area contributed by atoms with Crippen LogP contribution in [-0.2, 0) is 42.8 Å². The SMILES string of the molecule is COc1ccc(C=CC(=O)OC2C(OC(C)(CC(=O)OCC=Cc3cc(O)c(OC4OC(CO)C(O)C(O)C4O)c(OC)c3)OC(C)=O)OC(CO)C(O)C2O)cc1. The smallest absolute Gasteiger partial charge is 0.331 e. The number of hydrogen-bond donors (Lipinski definition) is 8. The maximum absolute atomic E-state index is 13.0. The summed E-state index contributed by atoms with van der Waals surface area (Å²) < 4.78 is 48.6. The molecule has 2 aromatic carbocycles. The highest BCUT2D eigenvalue weighted by Gasteiger charge is 2.50. The third-order valence-electron chi connectivity index (χ3n) is 8.81. The van der Waals surface area contributed by atoms with Crippen molar-refractivity contribution in [3.05, 3.63) is 59.7 Å². The molecule has 20 nitrogen and oxygen atoms in total. The summed E-state index contributed by atoms with van der Waals surface area (Å²) in [6, 6.07) is 9.27. The highest BCUT2D eigenvalue weighted by molar-refractivity contribution is 5.87. The number of aromatic hydroxyl groups is 1. The van der Waals surface area contributed by atoms with Gasteiger partial charge < -0.3 is 83.5 Å². The van der Waals surface area contributed by atoms with Crippen LogP contribution in [0.2, 0.25) is 0 Å². The molecule has 0 amide bonds. The van der Waals surface area contributed by atoms with E-state index in [2.05, 4.69) is 0 Å². The molecule has 11 atom stereocenters. The standard InChI is InChI=1S/C38H48O20/c1-19(41)57-38(2,58-37-35(32(48)30(46)26(18-40)54-37)55-27(43)12-9-20-7-10-22(50-3)11-8-20)16-28(44)52-13-5-6-21-14-23(42)34(24(15-21)51-4)56-36-33(49)31(47)29(45)25(17-39)53-36/h5-12,14-15,25-26,29-33,35-37,39-40,42,45-49H,13,16-18H2,1-4H3. The van der Waals surface area contributed by atoms with Crippen molar-refractivity contribution in [2.24, 2.45) is 0 Å². The van der Waals surface area contributed by atoms with Crippen molar-refractivity contribution in [1.82, 2.24) is 0 Å². The second kappa shape index (κ2) is 20.7. The van der Waals surface area contributed by atoms with Gasteiger partial charge in [-0.2, -0.15) is 0 Å². The normalized spacial score (nSPS) is 28.4. The topological polar surface area (TPSA) is 296 Å². The Balaban J connectivity index is 1.42. The zero-order chi connectivity index (χ0) is 42.7. The summed E-state index contributed by atoms with van der Waals surface area (Å²) in [5, 5.41) is 81.7. The summed E-state index contributed by atoms with van der Waals surface area (Å²) in [6.45, 7) is 0.339. The van der Waals surface area contributed by atoms with Crippen molar-refractivity contribution in [1.29, 1.82) is 0 Å². The van der Waals surface area contributed by atoms with Crippen LogP contribution in [0.4, 0.5) is 0 Å². The summed E-state index contributed by atoms with van der Waals surface area (Å²) in [4.78, 5) is 37.9. The van der Waals surface area contributed by atoms with Crippen molar-refractivity contribution in [2.75, 3.05) is 34.0 Å². The van der Waals surface area contributed by atoms with E-state index < -0.39 is 110 Å². The molecule has 58 heavy (non-hydrogen) atoms. The van der Waals surface area contributed by atoms with Crippen molar-refractivity contribution in [3.63, 3.8) is 0 Å². The Kier molecular flexibility index (Phi) is 16.4. The molecule has 2 aromatic rings. The van der Waals surface area contributed by atoms with Gasteiger partial charge in [-0.15, -0.1) is 0 Å². The molecule has 0 saturated carbocycles. The van der Waals surface area contributed by atoms with Crippen molar-refractivity contribution < 1.29 is 97.9 Å². The van der Waals surface area contributed by atoms with E-state index in [1.165, 1.54) is 51.5 Å². The van der Waals surface area contributed by atoms with Crippen LogP contribution in [0.25, 0.3) is 12.2 Å². The Labute approximate surface area is 331 Å². The highest BCUT2D eigenvalue weighted by Crippen LogP contribution is 2.40. The quantitative estimate of drug-likeness (QED) is 0.0406. The van der Waals surface area contributed by atoms with Gasteiger partial charge in [0.2, 0.25) is 24.1 Å². The van der Waals surface area contributed by atoms with Crippen LogP contribution < -0.4 is 14.2 Å². The first kappa shape index (κ1) is 45.8. The lowest BCUT2D eigenvalue weighted by molar-refractivity contribution is -0.358. The van der Waals surface area contributed by atoms with Gasteiger partial charge in [0.05, 0.1) is 27.4 Å². The first-order chi connectivity index (χ1) is 27.5. The van der Waals surface area contributed by atoms with E-state index in [0.29, 0.717) is 16.9 Å². The Morgan fingerprint density at radius 1 is 0.810 bits per heavy atom. The monoisotopic (exact) mass is 824 g/mol. The Bertz CT molecular complexity index is 1750. The van der Waals surface area contributed by atoms with Gasteiger partial charge in [0.1, 0.15) is 61.5 Å². The summed E-state index contributed by atoms with van der Waals surface area (Å²) in [7, 11) is 2.75. The van der Waals surface area contributed by atoms with Crippen LogP contribution in [0.1, 0.15) is 31.4 Å². The highest BCUT2D eigenvalue weighted by atomic mass is 16.8. The van der Waals surface area contributed by atoms with Crippen molar-refractivity contribution in [2.45, 2.75) is 87.5 Å². The zero-order valence-electron chi connectivity index (χ0n) is 31.9. The van der Waals surface area contributed by atoms with Crippen molar-refractivity contribution in [3.8, 4) is 23.0 Å². The van der Waals surface area contributed by atoms with Crippen LogP contribution in [0, 0.1) is 0 Å². The maximum atomic E-state index is 13.0. The predicted octanol–water partition coefficient (Wildman–Crippen LogP) is -1.11. The average molecular weight is 825 g/mol. The molecule has 2 aliphatic rings. The maximum Gasteiger partial charge on any atom is 0.331 e. The molecule has 0 bridgehead atoms. The number of rotatable bonds is 17. The van der Waals surface area contributed by atoms with Crippen LogP contribution >= 0.6 is 0 Å². The van der Waals surface area contributed by atoms with Gasteiger partial charge >= 0.3 is 17.9 Å². The molecule has 320 valence electrons. The van der Waals surface area contributed by atoms with Gasteiger partial charge in [0, 0.05) is 19.9 Å². The minimum Gasteiger partial charge on any atom is -0.504 e. The summed E-state index contributed by atoms with van der Waals surface area (Å²) in [6.07, 6.45) is -12.1. The Morgan fingerprint density at radius 3 is 2.05 bits per heavy atom. The Hall–Kier alpha value is -4.87. The van der Waals surface area contributed by atoms with E-state index in [1.807, 2.05) is 0 Å². The van der Waals surface area contributed by atoms with Gasteiger partial charge in [0.25, 0.3) is 0 Å². The van der Waals surface area contributed by atoms with Crippen LogP contribution in [0.5, 0.6) is 23.0 Å². The Morgan fingerprint density at radius 2 is 1.45 bits per heavy atom. The van der Waals surface area contributed by atoms with Crippen molar-refractivity contribution >= 4 is 30.1 Å². The lowest BCUT2D eigenvalue weighted by Gasteiger charge is -2.43. The van der Waals surface area contributed by atoms with E-state index in [1.54, 1.807) is 24.3 Å². The van der Waals surface area contributed by atoms with E-state index >= 15 is 0 Å². The largest absolute Gasteiger partial charge is 0.504 e. The predicted molar refractivity (Wildman–Crippen MR) is 195 cm³/mol. The van der Waals surface area contributed by atoms with E-state index in [0.717, 1.165) is 13.0 Å². The van der Waals surface area contributed by atoms with E-state index in [9.17, 15) is 55.2 Å². The molecule has 0 radical (unpaired) electrons. The third-order valence-corrected chi connectivity index (χ3v) is 8.81. The minimum absolute atomic E-state index is 0.0499. The number of aliphatic hydroxyl groups excluding tert-OH is 7. The number of methoxy groups -OCH3 is 2. The number of ether oxygens (including phenoxy) is 9. The molecule has 0 spiro atoms. The first-order valence-corrected chi connectivity index (χ1v) is 17.8. The number of carbonyl (C=O) groups is 3. The molecule has 20 heteroatoms. The zero-order valence-corrected chi connectivity index (χ0v) is 31.9. The molecule has 2 heterocycles. The fraction of sp³-hybridized carbons (Fsp3) is 0.500. The number of phenols is 1. The molecule has 0 aliphatic carbocycles. The molecule has 2 fully saturated rings. The van der Waals surface area contributed by atoms with Gasteiger partial charge in [-0.1, -0.05) is 18.2 Å². The van der Waals surface area contributed by atoms with Gasteiger partial charge in [0.15, 0.2) is 17.6 Å². The molecule has 0 aromatic heterocycles. The first-order valence-electron chi connectivity index (χ1n) is 17.8. The lowest BCUT2D eigenvalue weighted by Crippen LogP contribution is -2.62. The lowest BCUT2D eigenvalue weighted by atomic mass is 9.99. The number of esters is 3. The van der Waals surface area contributed by atoms with E-state index in [4.69, 9.17) is 42.6 Å². The van der Waals surface area contributed by atoms with Gasteiger partial charge in [-0.05, 0) is 47.5 Å². The molecule has 8 N–H and O–H groups in total. The van der Waals surface area contributed by atoms with Gasteiger partial charge in [-0.3, -0.25) is 9.59 Å². The van der Waals surface area contributed by atoms with Crippen LogP contribution in [0.3, 0.4) is 0 Å². The fourth-order valence-corrected chi connectivity index (χ4v) is 5.87. The third kappa shape index (κ3) is 11.9. The van der Waals surface area contributed by atoms with E-state index in [-0.39, 0.29) is 18.1 Å². The van der Waals surface area contributed by atoms with Crippen LogP contribution in [0.15, 0.2) is 48.6 Å². The minimum atomic E-state index is -2.17. The molecular weight excluding hydrogens is 776 g/mol. The second-order valence-electron chi connectivity index (χ2n) is 13.2. The molecule has 4 rings (SSSR count). The molecule has 2 saturated heterocycles. The number of hydrogen-bond acceptors (Lipinski definition) is 20.